The summed E-state index contributed by atoms with van der Waals surface area (Å²) in [6, 6.07) is 2.01. The number of hydrogen-bond acceptors (Lipinski definition) is 3. The van der Waals surface area contributed by atoms with Crippen molar-refractivity contribution >= 4 is 0 Å². The molecule has 0 aromatic carbocycles. The van der Waals surface area contributed by atoms with Crippen LogP contribution in [-0.2, 0) is 17.9 Å². The summed E-state index contributed by atoms with van der Waals surface area (Å²) < 4.78 is 11.1. The molecule has 1 atom stereocenters. The summed E-state index contributed by atoms with van der Waals surface area (Å²) in [5.41, 5.74) is 1.20. The van der Waals surface area contributed by atoms with Crippen molar-refractivity contribution < 1.29 is 9.15 Å². The van der Waals surface area contributed by atoms with Gasteiger partial charge in [0.05, 0.1) is 6.26 Å². The Hall–Kier alpha value is -0.800. The molecular weight excluding hydrogens is 214 g/mol. The van der Waals surface area contributed by atoms with Crippen molar-refractivity contribution in [2.24, 2.45) is 5.92 Å². The van der Waals surface area contributed by atoms with E-state index in [-0.39, 0.29) is 0 Å². The van der Waals surface area contributed by atoms with Crippen LogP contribution < -0.4 is 5.32 Å². The Morgan fingerprint density at radius 2 is 2.24 bits per heavy atom. The maximum absolute atomic E-state index is 5.69. The summed E-state index contributed by atoms with van der Waals surface area (Å²) in [5, 5.41) is 3.29. The molecule has 3 nitrogen and oxygen atoms in total. The number of nitrogens with one attached hydrogen (secondary N) is 1. The Bertz CT molecular complexity index is 296. The summed E-state index contributed by atoms with van der Waals surface area (Å²) in [6.07, 6.45) is 4.18. The largest absolute Gasteiger partial charge is 0.467 e. The van der Waals surface area contributed by atoms with Crippen molar-refractivity contribution in [3.63, 3.8) is 0 Å². The molecule has 98 valence electrons. The third-order valence-electron chi connectivity index (χ3n) is 2.82. The zero-order chi connectivity index (χ0) is 12.5. The van der Waals surface area contributed by atoms with E-state index < -0.39 is 0 Å². The first-order valence-corrected chi connectivity index (χ1v) is 6.61. The predicted molar refractivity (Wildman–Crippen MR) is 69.8 cm³/mol. The van der Waals surface area contributed by atoms with E-state index in [9.17, 15) is 0 Å². The quantitative estimate of drug-likeness (QED) is 0.717. The van der Waals surface area contributed by atoms with Crippen LogP contribution in [0.5, 0.6) is 0 Å². The van der Waals surface area contributed by atoms with Crippen LogP contribution in [0.15, 0.2) is 16.7 Å². The molecule has 1 heterocycles. The van der Waals surface area contributed by atoms with E-state index in [2.05, 4.69) is 26.1 Å². The zero-order valence-electron chi connectivity index (χ0n) is 11.3. The normalized spacial score (nSPS) is 12.9. The van der Waals surface area contributed by atoms with Gasteiger partial charge in [-0.1, -0.05) is 27.2 Å². The Kier molecular flexibility index (Phi) is 6.97. The van der Waals surface area contributed by atoms with Gasteiger partial charge in [0.25, 0.3) is 0 Å². The van der Waals surface area contributed by atoms with E-state index in [0.717, 1.165) is 25.5 Å². The standard InChI is InChI=1S/C14H25NO2/c1-4-6-12(3)10-16-11-14-13(7-8-17-14)9-15-5-2/h7-8,12,15H,4-6,9-11H2,1-3H3. The number of furan rings is 1. The van der Waals surface area contributed by atoms with Crippen molar-refractivity contribution in [3.8, 4) is 0 Å². The van der Waals surface area contributed by atoms with Crippen molar-refractivity contribution in [1.29, 1.82) is 0 Å². The summed E-state index contributed by atoms with van der Waals surface area (Å²) in [6.45, 7) is 9.76. The minimum absolute atomic E-state index is 0.585. The maximum Gasteiger partial charge on any atom is 0.133 e. The van der Waals surface area contributed by atoms with Crippen LogP contribution in [0.2, 0.25) is 0 Å². The third kappa shape index (κ3) is 5.37. The first-order valence-electron chi connectivity index (χ1n) is 6.61. The highest BCUT2D eigenvalue weighted by Crippen LogP contribution is 2.13. The van der Waals surface area contributed by atoms with Gasteiger partial charge in [-0.3, -0.25) is 0 Å². The molecule has 0 radical (unpaired) electrons. The second-order valence-electron chi connectivity index (χ2n) is 4.56. The average Bonchev–Trinajstić information content (AvgIpc) is 2.74. The molecular formula is C14H25NO2. The van der Waals surface area contributed by atoms with Crippen molar-refractivity contribution in [1.82, 2.24) is 5.32 Å². The molecule has 1 rings (SSSR count). The first-order chi connectivity index (χ1) is 8.27. The fraction of sp³-hybridized carbons (Fsp3) is 0.714. The Morgan fingerprint density at radius 3 is 2.94 bits per heavy atom. The summed E-state index contributed by atoms with van der Waals surface area (Å²) >= 11 is 0. The SMILES string of the molecule is CCCC(C)COCc1occc1CNCC. The van der Waals surface area contributed by atoms with Crippen LogP contribution in [0.25, 0.3) is 0 Å². The summed E-state index contributed by atoms with van der Waals surface area (Å²) in [5.74, 6) is 1.59. The molecule has 0 fully saturated rings. The van der Waals surface area contributed by atoms with Gasteiger partial charge in [0.1, 0.15) is 12.4 Å². The van der Waals surface area contributed by atoms with Gasteiger partial charge in [0, 0.05) is 18.7 Å². The number of hydrogen-bond donors (Lipinski definition) is 1. The van der Waals surface area contributed by atoms with E-state index >= 15 is 0 Å². The Morgan fingerprint density at radius 1 is 1.41 bits per heavy atom. The van der Waals surface area contributed by atoms with E-state index in [1.807, 2.05) is 6.07 Å². The van der Waals surface area contributed by atoms with E-state index in [4.69, 9.17) is 9.15 Å². The van der Waals surface area contributed by atoms with E-state index in [1.165, 1.54) is 18.4 Å². The monoisotopic (exact) mass is 239 g/mol. The summed E-state index contributed by atoms with van der Waals surface area (Å²) in [4.78, 5) is 0. The minimum Gasteiger partial charge on any atom is -0.467 e. The molecule has 1 unspecified atom stereocenters. The third-order valence-corrected chi connectivity index (χ3v) is 2.82. The van der Waals surface area contributed by atoms with Gasteiger partial charge in [0.2, 0.25) is 0 Å². The van der Waals surface area contributed by atoms with E-state index in [1.54, 1.807) is 6.26 Å². The smallest absolute Gasteiger partial charge is 0.133 e. The lowest BCUT2D eigenvalue weighted by atomic mass is 10.1. The predicted octanol–water partition coefficient (Wildman–Crippen LogP) is 3.34. The molecule has 0 aliphatic heterocycles. The van der Waals surface area contributed by atoms with Crippen LogP contribution in [0, 0.1) is 5.92 Å². The lowest BCUT2D eigenvalue weighted by molar-refractivity contribution is 0.0769. The van der Waals surface area contributed by atoms with E-state index in [0.29, 0.717) is 12.5 Å². The molecule has 1 aromatic rings. The van der Waals surface area contributed by atoms with Crippen LogP contribution in [0.1, 0.15) is 44.9 Å². The van der Waals surface area contributed by atoms with Gasteiger partial charge in [-0.25, -0.2) is 0 Å². The van der Waals surface area contributed by atoms with Crippen LogP contribution in [-0.4, -0.2) is 13.2 Å². The van der Waals surface area contributed by atoms with Crippen LogP contribution in [0.4, 0.5) is 0 Å². The Balaban J connectivity index is 2.28. The molecule has 0 saturated carbocycles. The van der Waals surface area contributed by atoms with Gasteiger partial charge >= 0.3 is 0 Å². The van der Waals surface area contributed by atoms with Crippen molar-refractivity contribution in [2.75, 3.05) is 13.2 Å². The number of rotatable bonds is 9. The second-order valence-corrected chi connectivity index (χ2v) is 4.56. The second kappa shape index (κ2) is 8.31. The molecule has 1 N–H and O–H groups in total. The van der Waals surface area contributed by atoms with Crippen LogP contribution in [0.3, 0.4) is 0 Å². The molecule has 1 aromatic heterocycles. The highest BCUT2D eigenvalue weighted by molar-refractivity contribution is 5.15. The fourth-order valence-corrected chi connectivity index (χ4v) is 1.84. The lowest BCUT2D eigenvalue weighted by Crippen LogP contribution is -2.13. The topological polar surface area (TPSA) is 34.4 Å². The van der Waals surface area contributed by atoms with Gasteiger partial charge < -0.3 is 14.5 Å². The summed E-state index contributed by atoms with van der Waals surface area (Å²) in [7, 11) is 0. The highest BCUT2D eigenvalue weighted by Gasteiger charge is 2.07. The molecule has 0 amide bonds. The van der Waals surface area contributed by atoms with Gasteiger partial charge in [-0.15, -0.1) is 0 Å². The molecule has 0 aliphatic carbocycles. The first kappa shape index (κ1) is 14.3. The molecule has 0 spiro atoms. The highest BCUT2D eigenvalue weighted by atomic mass is 16.5. The van der Waals surface area contributed by atoms with Gasteiger partial charge in [-0.2, -0.15) is 0 Å². The maximum atomic E-state index is 5.69. The molecule has 17 heavy (non-hydrogen) atoms. The molecule has 0 bridgehead atoms. The fourth-order valence-electron chi connectivity index (χ4n) is 1.84. The lowest BCUT2D eigenvalue weighted by Gasteiger charge is -2.10. The van der Waals surface area contributed by atoms with Gasteiger partial charge in [0.15, 0.2) is 0 Å². The van der Waals surface area contributed by atoms with Gasteiger partial charge in [-0.05, 0) is 24.9 Å². The zero-order valence-corrected chi connectivity index (χ0v) is 11.3. The van der Waals surface area contributed by atoms with Crippen LogP contribution >= 0.6 is 0 Å². The Labute approximate surface area is 105 Å². The molecule has 0 saturated heterocycles. The number of ether oxygens (including phenoxy) is 1. The molecule has 3 heteroatoms. The van der Waals surface area contributed by atoms with Crippen molar-refractivity contribution in [2.45, 2.75) is 46.8 Å². The molecule has 0 aliphatic rings. The van der Waals surface area contributed by atoms with Crippen molar-refractivity contribution in [3.05, 3.63) is 23.7 Å². The minimum atomic E-state index is 0.585. The average molecular weight is 239 g/mol.